The highest BCUT2D eigenvalue weighted by molar-refractivity contribution is 6.65. The monoisotopic (exact) mass is 264 g/mol. The van der Waals surface area contributed by atoms with Crippen LogP contribution >= 0.6 is 23.2 Å². The van der Waals surface area contributed by atoms with Crippen molar-refractivity contribution in [2.45, 2.75) is 20.0 Å². The highest BCUT2D eigenvalue weighted by Gasteiger charge is 2.26. The van der Waals surface area contributed by atoms with E-state index in [9.17, 15) is 0 Å². The first-order valence-electron chi connectivity index (χ1n) is 4.72. The molecule has 5 heteroatoms. The van der Waals surface area contributed by atoms with Crippen molar-refractivity contribution < 1.29 is 8.85 Å². The third-order valence-electron chi connectivity index (χ3n) is 1.69. The Hall–Kier alpha value is -0.223. The SMILES string of the molecule is CCO[Si](C)(C)Oc1cc(Cl)cc(Cl)c1. The van der Waals surface area contributed by atoms with Crippen LogP contribution in [0.15, 0.2) is 18.2 Å². The molecular formula is C10H14Cl2O2Si. The molecule has 84 valence electrons. The number of hydrogen-bond acceptors (Lipinski definition) is 2. The summed E-state index contributed by atoms with van der Waals surface area (Å²) in [5, 5.41) is 1.14. The molecule has 0 saturated carbocycles. The van der Waals surface area contributed by atoms with Crippen molar-refractivity contribution in [3.05, 3.63) is 28.2 Å². The van der Waals surface area contributed by atoms with Gasteiger partial charge in [-0.3, -0.25) is 0 Å². The first kappa shape index (κ1) is 12.8. The zero-order valence-electron chi connectivity index (χ0n) is 9.01. The second-order valence-electron chi connectivity index (χ2n) is 3.54. The topological polar surface area (TPSA) is 18.5 Å². The standard InChI is InChI=1S/C10H14Cl2O2Si/c1-4-13-15(2,3)14-10-6-8(11)5-9(12)7-10/h5-7H,4H2,1-3H3. The smallest absolute Gasteiger partial charge is 0.392 e. The minimum Gasteiger partial charge on any atom is -0.520 e. The Kier molecular flexibility index (Phi) is 4.46. The van der Waals surface area contributed by atoms with E-state index in [4.69, 9.17) is 32.1 Å². The zero-order valence-corrected chi connectivity index (χ0v) is 11.5. The molecule has 0 amide bonds. The second-order valence-corrected chi connectivity index (χ2v) is 7.71. The van der Waals surface area contributed by atoms with E-state index in [1.54, 1.807) is 18.2 Å². The predicted octanol–water partition coefficient (Wildman–Crippen LogP) is 4.11. The lowest BCUT2D eigenvalue weighted by atomic mass is 10.3. The minimum atomic E-state index is -2.11. The molecule has 0 bridgehead atoms. The van der Waals surface area contributed by atoms with E-state index in [0.717, 1.165) is 0 Å². The summed E-state index contributed by atoms with van der Waals surface area (Å²) < 4.78 is 11.3. The Bertz CT molecular complexity index is 322. The van der Waals surface area contributed by atoms with E-state index in [1.807, 2.05) is 20.0 Å². The van der Waals surface area contributed by atoms with Gasteiger partial charge in [0.1, 0.15) is 5.75 Å². The number of benzene rings is 1. The molecular weight excluding hydrogens is 251 g/mol. The lowest BCUT2D eigenvalue weighted by molar-refractivity contribution is 0.264. The van der Waals surface area contributed by atoms with Crippen LogP contribution < -0.4 is 4.43 Å². The molecule has 0 saturated heterocycles. The summed E-state index contributed by atoms with van der Waals surface area (Å²) in [6.07, 6.45) is 0. The molecule has 0 aliphatic rings. The summed E-state index contributed by atoms with van der Waals surface area (Å²) in [5.41, 5.74) is 0. The van der Waals surface area contributed by atoms with Gasteiger partial charge in [0.25, 0.3) is 0 Å². The maximum absolute atomic E-state index is 5.87. The highest BCUT2D eigenvalue weighted by atomic mass is 35.5. The fourth-order valence-electron chi connectivity index (χ4n) is 1.25. The summed E-state index contributed by atoms with van der Waals surface area (Å²) in [6, 6.07) is 5.15. The van der Waals surface area contributed by atoms with E-state index in [0.29, 0.717) is 22.4 Å². The molecule has 1 aromatic carbocycles. The van der Waals surface area contributed by atoms with Gasteiger partial charge in [0, 0.05) is 16.7 Å². The molecule has 0 atom stereocenters. The molecule has 0 aliphatic carbocycles. The van der Waals surface area contributed by atoms with Crippen molar-refractivity contribution in [1.29, 1.82) is 0 Å². The van der Waals surface area contributed by atoms with Gasteiger partial charge in [-0.15, -0.1) is 0 Å². The summed E-state index contributed by atoms with van der Waals surface area (Å²) in [5.74, 6) is 0.664. The summed E-state index contributed by atoms with van der Waals surface area (Å²) in [6.45, 7) is 6.55. The van der Waals surface area contributed by atoms with Crippen molar-refractivity contribution in [2.24, 2.45) is 0 Å². The molecule has 0 unspecified atom stereocenters. The van der Waals surface area contributed by atoms with Crippen LogP contribution in [0.1, 0.15) is 6.92 Å². The predicted molar refractivity (Wildman–Crippen MR) is 66.2 cm³/mol. The first-order valence-corrected chi connectivity index (χ1v) is 8.29. The zero-order chi connectivity index (χ0) is 11.5. The summed E-state index contributed by atoms with van der Waals surface area (Å²) >= 11 is 11.7. The summed E-state index contributed by atoms with van der Waals surface area (Å²) in [7, 11) is -2.11. The van der Waals surface area contributed by atoms with Gasteiger partial charge in [-0.25, -0.2) is 0 Å². The first-order chi connectivity index (χ1) is 6.93. The van der Waals surface area contributed by atoms with Crippen LogP contribution in [0.5, 0.6) is 5.75 Å². The van der Waals surface area contributed by atoms with Crippen LogP contribution in [-0.4, -0.2) is 15.2 Å². The lowest BCUT2D eigenvalue weighted by Crippen LogP contribution is -2.38. The van der Waals surface area contributed by atoms with Crippen LogP contribution in [0.4, 0.5) is 0 Å². The fraction of sp³-hybridized carbons (Fsp3) is 0.400. The van der Waals surface area contributed by atoms with Crippen LogP contribution in [0, 0.1) is 0 Å². The van der Waals surface area contributed by atoms with Gasteiger partial charge in [-0.05, 0) is 38.2 Å². The van der Waals surface area contributed by atoms with E-state index in [2.05, 4.69) is 0 Å². The van der Waals surface area contributed by atoms with Crippen LogP contribution in [-0.2, 0) is 4.43 Å². The molecule has 2 nitrogen and oxygen atoms in total. The van der Waals surface area contributed by atoms with Gasteiger partial charge >= 0.3 is 8.56 Å². The third-order valence-corrected chi connectivity index (χ3v) is 3.84. The van der Waals surface area contributed by atoms with Gasteiger partial charge in [-0.2, -0.15) is 0 Å². The molecule has 0 aliphatic heterocycles. The molecule has 0 fully saturated rings. The lowest BCUT2D eigenvalue weighted by Gasteiger charge is -2.23. The van der Waals surface area contributed by atoms with Crippen LogP contribution in [0.2, 0.25) is 23.1 Å². The molecule has 1 aromatic rings. The van der Waals surface area contributed by atoms with Gasteiger partial charge in [0.15, 0.2) is 0 Å². The number of hydrogen-bond donors (Lipinski definition) is 0. The maximum atomic E-state index is 5.87. The van der Waals surface area contributed by atoms with E-state index < -0.39 is 8.56 Å². The average Bonchev–Trinajstić information content (AvgIpc) is 1.99. The van der Waals surface area contributed by atoms with Crippen molar-refractivity contribution >= 4 is 31.8 Å². The minimum absolute atomic E-state index is 0.568. The van der Waals surface area contributed by atoms with Crippen LogP contribution in [0.3, 0.4) is 0 Å². The molecule has 15 heavy (non-hydrogen) atoms. The Morgan fingerprint density at radius 3 is 2.13 bits per heavy atom. The van der Waals surface area contributed by atoms with Crippen molar-refractivity contribution in [1.82, 2.24) is 0 Å². The second kappa shape index (κ2) is 5.21. The molecule has 0 radical (unpaired) electrons. The van der Waals surface area contributed by atoms with Gasteiger partial charge in [-0.1, -0.05) is 23.2 Å². The van der Waals surface area contributed by atoms with E-state index >= 15 is 0 Å². The van der Waals surface area contributed by atoms with Gasteiger partial charge in [0.2, 0.25) is 0 Å². The Morgan fingerprint density at radius 1 is 1.13 bits per heavy atom. The molecule has 0 N–H and O–H groups in total. The Morgan fingerprint density at radius 2 is 1.67 bits per heavy atom. The maximum Gasteiger partial charge on any atom is 0.392 e. The quantitative estimate of drug-likeness (QED) is 0.763. The largest absolute Gasteiger partial charge is 0.520 e. The van der Waals surface area contributed by atoms with Crippen molar-refractivity contribution in [3.8, 4) is 5.75 Å². The highest BCUT2D eigenvalue weighted by Crippen LogP contribution is 2.26. The normalized spacial score (nSPS) is 11.5. The fourth-order valence-corrected chi connectivity index (χ4v) is 3.19. The molecule has 0 aromatic heterocycles. The van der Waals surface area contributed by atoms with Crippen LogP contribution in [0.25, 0.3) is 0 Å². The van der Waals surface area contributed by atoms with Crippen molar-refractivity contribution in [2.75, 3.05) is 6.61 Å². The van der Waals surface area contributed by atoms with E-state index in [-0.39, 0.29) is 0 Å². The molecule has 0 spiro atoms. The van der Waals surface area contributed by atoms with Crippen molar-refractivity contribution in [3.63, 3.8) is 0 Å². The summed E-state index contributed by atoms with van der Waals surface area (Å²) in [4.78, 5) is 0. The third kappa shape index (κ3) is 4.43. The number of halogens is 2. The van der Waals surface area contributed by atoms with Gasteiger partial charge < -0.3 is 8.85 Å². The molecule has 0 heterocycles. The Labute approximate surface area is 101 Å². The Balaban J connectivity index is 2.80. The van der Waals surface area contributed by atoms with Gasteiger partial charge in [0.05, 0.1) is 0 Å². The average molecular weight is 265 g/mol. The molecule has 1 rings (SSSR count). The van der Waals surface area contributed by atoms with E-state index in [1.165, 1.54) is 0 Å². The number of rotatable bonds is 4.